The minimum absolute atomic E-state index is 0.156. The lowest BCUT2D eigenvalue weighted by atomic mass is 10.1. The summed E-state index contributed by atoms with van der Waals surface area (Å²) in [5, 5.41) is 5.38. The van der Waals surface area contributed by atoms with E-state index in [4.69, 9.17) is 10.5 Å². The highest BCUT2D eigenvalue weighted by Gasteiger charge is 2.12. The number of benzene rings is 1. The molecule has 0 saturated carbocycles. The Morgan fingerprint density at radius 1 is 1.37 bits per heavy atom. The van der Waals surface area contributed by atoms with E-state index in [1.807, 2.05) is 0 Å². The molecular weight excluding hydrogens is 246 g/mol. The van der Waals surface area contributed by atoms with Crippen molar-refractivity contribution in [1.82, 2.24) is 0 Å². The Hall–Kier alpha value is -2.08. The Balaban J connectivity index is 2.87. The molecule has 2 amide bonds. The second-order valence-corrected chi connectivity index (χ2v) is 4.22. The van der Waals surface area contributed by atoms with Gasteiger partial charge in [-0.15, -0.1) is 0 Å². The molecule has 6 nitrogen and oxygen atoms in total. The molecule has 1 aromatic carbocycles. The van der Waals surface area contributed by atoms with Crippen LogP contribution in [0.15, 0.2) is 18.2 Å². The molecule has 104 valence electrons. The van der Waals surface area contributed by atoms with Crippen LogP contribution in [0.2, 0.25) is 0 Å². The minimum Gasteiger partial charge on any atom is -0.494 e. The van der Waals surface area contributed by atoms with E-state index >= 15 is 0 Å². The van der Waals surface area contributed by atoms with Crippen molar-refractivity contribution in [3.63, 3.8) is 0 Å². The predicted octanol–water partition coefficient (Wildman–Crippen LogP) is 1.19. The van der Waals surface area contributed by atoms with Crippen molar-refractivity contribution in [2.75, 3.05) is 24.3 Å². The van der Waals surface area contributed by atoms with Crippen LogP contribution in [0.4, 0.5) is 11.4 Å². The second kappa shape index (κ2) is 6.75. The Morgan fingerprint density at radius 2 is 2.05 bits per heavy atom. The van der Waals surface area contributed by atoms with Gasteiger partial charge >= 0.3 is 0 Å². The lowest BCUT2D eigenvalue weighted by Crippen LogP contribution is -2.26. The fourth-order valence-corrected chi connectivity index (χ4v) is 1.43. The maximum absolute atomic E-state index is 11.7. The zero-order chi connectivity index (χ0) is 14.4. The molecule has 0 radical (unpaired) electrons. The van der Waals surface area contributed by atoms with Crippen LogP contribution in [0.25, 0.3) is 0 Å². The van der Waals surface area contributed by atoms with Gasteiger partial charge in [-0.3, -0.25) is 9.59 Å². The molecule has 0 aliphatic carbocycles. The van der Waals surface area contributed by atoms with Gasteiger partial charge in [-0.05, 0) is 12.1 Å². The SMILES string of the molecule is COc1cc(NC(=O)C(C)CN)ccc1NC(C)=O. The summed E-state index contributed by atoms with van der Waals surface area (Å²) in [4.78, 5) is 22.7. The van der Waals surface area contributed by atoms with E-state index in [1.165, 1.54) is 14.0 Å². The van der Waals surface area contributed by atoms with E-state index in [2.05, 4.69) is 10.6 Å². The minimum atomic E-state index is -0.263. The van der Waals surface area contributed by atoms with Crippen LogP contribution in [0.1, 0.15) is 13.8 Å². The summed E-state index contributed by atoms with van der Waals surface area (Å²) in [6, 6.07) is 5.00. The molecule has 1 aromatic rings. The summed E-state index contributed by atoms with van der Waals surface area (Å²) in [7, 11) is 1.49. The summed E-state index contributed by atoms with van der Waals surface area (Å²) >= 11 is 0. The number of hydrogen-bond donors (Lipinski definition) is 3. The van der Waals surface area contributed by atoms with Crippen LogP contribution in [-0.2, 0) is 9.59 Å². The van der Waals surface area contributed by atoms with E-state index in [1.54, 1.807) is 25.1 Å². The summed E-state index contributed by atoms with van der Waals surface area (Å²) in [5.74, 6) is -0.127. The first-order valence-electron chi connectivity index (χ1n) is 5.94. The maximum Gasteiger partial charge on any atom is 0.228 e. The van der Waals surface area contributed by atoms with Gasteiger partial charge in [0.2, 0.25) is 11.8 Å². The van der Waals surface area contributed by atoms with Crippen molar-refractivity contribution in [3.05, 3.63) is 18.2 Å². The van der Waals surface area contributed by atoms with E-state index in [-0.39, 0.29) is 24.3 Å². The van der Waals surface area contributed by atoms with Crippen LogP contribution >= 0.6 is 0 Å². The first-order valence-corrected chi connectivity index (χ1v) is 5.94. The quantitative estimate of drug-likeness (QED) is 0.745. The molecule has 0 aliphatic rings. The zero-order valence-corrected chi connectivity index (χ0v) is 11.3. The fourth-order valence-electron chi connectivity index (χ4n) is 1.43. The van der Waals surface area contributed by atoms with Crippen molar-refractivity contribution in [2.24, 2.45) is 11.7 Å². The molecule has 0 bridgehead atoms. The number of hydrogen-bond acceptors (Lipinski definition) is 4. The molecule has 1 atom stereocenters. The van der Waals surface area contributed by atoms with Crippen LogP contribution in [0.5, 0.6) is 5.75 Å². The van der Waals surface area contributed by atoms with E-state index < -0.39 is 0 Å². The molecule has 6 heteroatoms. The molecule has 0 saturated heterocycles. The Bertz CT molecular complexity index is 474. The number of rotatable bonds is 5. The van der Waals surface area contributed by atoms with Gasteiger partial charge in [0.15, 0.2) is 0 Å². The van der Waals surface area contributed by atoms with Gasteiger partial charge in [0.25, 0.3) is 0 Å². The monoisotopic (exact) mass is 265 g/mol. The highest BCUT2D eigenvalue weighted by Crippen LogP contribution is 2.28. The van der Waals surface area contributed by atoms with Gasteiger partial charge < -0.3 is 21.1 Å². The van der Waals surface area contributed by atoms with Gasteiger partial charge in [0.1, 0.15) is 5.75 Å². The van der Waals surface area contributed by atoms with Crippen molar-refractivity contribution in [2.45, 2.75) is 13.8 Å². The lowest BCUT2D eigenvalue weighted by Gasteiger charge is -2.13. The van der Waals surface area contributed by atoms with Crippen LogP contribution < -0.4 is 21.1 Å². The highest BCUT2D eigenvalue weighted by molar-refractivity contribution is 5.94. The molecule has 0 spiro atoms. The van der Waals surface area contributed by atoms with E-state index in [9.17, 15) is 9.59 Å². The average Bonchev–Trinajstić information content (AvgIpc) is 2.38. The molecular formula is C13H19N3O3. The number of nitrogens with one attached hydrogen (secondary N) is 2. The van der Waals surface area contributed by atoms with Gasteiger partial charge in [0.05, 0.1) is 12.8 Å². The summed E-state index contributed by atoms with van der Waals surface area (Å²) in [6.07, 6.45) is 0. The van der Waals surface area contributed by atoms with Crippen molar-refractivity contribution >= 4 is 23.2 Å². The number of amides is 2. The van der Waals surface area contributed by atoms with Gasteiger partial charge in [0, 0.05) is 31.1 Å². The van der Waals surface area contributed by atoms with E-state index in [0.29, 0.717) is 17.1 Å². The first-order chi connectivity index (χ1) is 8.97. The predicted molar refractivity (Wildman–Crippen MR) is 74.1 cm³/mol. The fraction of sp³-hybridized carbons (Fsp3) is 0.385. The Labute approximate surface area is 112 Å². The molecule has 0 heterocycles. The maximum atomic E-state index is 11.7. The van der Waals surface area contributed by atoms with Crippen LogP contribution in [0.3, 0.4) is 0 Å². The molecule has 1 unspecified atom stereocenters. The molecule has 19 heavy (non-hydrogen) atoms. The number of nitrogens with two attached hydrogens (primary N) is 1. The zero-order valence-electron chi connectivity index (χ0n) is 11.3. The van der Waals surface area contributed by atoms with Crippen molar-refractivity contribution < 1.29 is 14.3 Å². The number of ether oxygens (including phenoxy) is 1. The molecule has 0 aromatic heterocycles. The number of carbonyl (C=O) groups excluding carboxylic acids is 2. The summed E-state index contributed by atoms with van der Waals surface area (Å²) in [5.41, 5.74) is 6.58. The van der Waals surface area contributed by atoms with Crippen LogP contribution in [-0.4, -0.2) is 25.5 Å². The van der Waals surface area contributed by atoms with Crippen LogP contribution in [0, 0.1) is 5.92 Å². The molecule has 0 aliphatic heterocycles. The standard InChI is InChI=1S/C13H19N3O3/c1-8(7-14)13(18)16-10-4-5-11(15-9(2)17)12(6-10)19-3/h4-6,8H,7,14H2,1-3H3,(H,15,17)(H,16,18). The van der Waals surface area contributed by atoms with Gasteiger partial charge in [-0.2, -0.15) is 0 Å². The molecule has 0 fully saturated rings. The first kappa shape index (κ1) is 15.0. The second-order valence-electron chi connectivity index (χ2n) is 4.22. The number of carbonyl (C=O) groups is 2. The Kier molecular flexibility index (Phi) is 5.32. The number of anilines is 2. The third-order valence-corrected chi connectivity index (χ3v) is 2.58. The summed E-state index contributed by atoms with van der Waals surface area (Å²) in [6.45, 7) is 3.45. The average molecular weight is 265 g/mol. The van der Waals surface area contributed by atoms with Gasteiger partial charge in [-0.1, -0.05) is 6.92 Å². The lowest BCUT2D eigenvalue weighted by molar-refractivity contribution is -0.119. The third-order valence-electron chi connectivity index (χ3n) is 2.58. The normalized spacial score (nSPS) is 11.6. The Morgan fingerprint density at radius 3 is 2.58 bits per heavy atom. The van der Waals surface area contributed by atoms with Crippen molar-refractivity contribution in [1.29, 1.82) is 0 Å². The third kappa shape index (κ3) is 4.26. The summed E-state index contributed by atoms with van der Waals surface area (Å²) < 4.78 is 5.16. The van der Waals surface area contributed by atoms with E-state index in [0.717, 1.165) is 0 Å². The molecule has 4 N–H and O–H groups in total. The largest absolute Gasteiger partial charge is 0.494 e. The van der Waals surface area contributed by atoms with Crippen molar-refractivity contribution in [3.8, 4) is 5.75 Å². The number of methoxy groups -OCH3 is 1. The van der Waals surface area contributed by atoms with Gasteiger partial charge in [-0.25, -0.2) is 0 Å². The smallest absolute Gasteiger partial charge is 0.228 e. The topological polar surface area (TPSA) is 93.4 Å². The highest BCUT2D eigenvalue weighted by atomic mass is 16.5. The molecule has 1 rings (SSSR count).